The van der Waals surface area contributed by atoms with E-state index < -0.39 is 5.92 Å². The van der Waals surface area contributed by atoms with E-state index in [2.05, 4.69) is 73.7 Å². The fourth-order valence-electron chi connectivity index (χ4n) is 5.44. The Balaban J connectivity index is 1.58. The topological polar surface area (TPSA) is 54.7 Å². The van der Waals surface area contributed by atoms with Crippen molar-refractivity contribution in [3.8, 4) is 5.00 Å². The van der Waals surface area contributed by atoms with Crippen molar-refractivity contribution in [3.63, 3.8) is 0 Å². The Morgan fingerprint density at radius 2 is 1.76 bits per heavy atom. The Hall–Kier alpha value is -2.46. The zero-order valence-electron chi connectivity index (χ0n) is 19.7. The molecule has 0 spiro atoms. The molecule has 7 heteroatoms. The number of amidine groups is 1. The fraction of sp³-hybridized carbons (Fsp3) is 0.296. The van der Waals surface area contributed by atoms with E-state index in [9.17, 15) is 9.59 Å². The van der Waals surface area contributed by atoms with Gasteiger partial charge in [0.1, 0.15) is 0 Å². The van der Waals surface area contributed by atoms with E-state index in [-0.39, 0.29) is 17.2 Å². The Morgan fingerprint density at radius 1 is 1.03 bits per heavy atom. The molecule has 1 unspecified atom stereocenters. The van der Waals surface area contributed by atoms with E-state index >= 15 is 0 Å². The molecule has 6 rings (SSSR count). The van der Waals surface area contributed by atoms with Crippen LogP contribution in [0.1, 0.15) is 41.0 Å². The number of hydrogen-bond acceptors (Lipinski definition) is 3. The number of amides is 2. The van der Waals surface area contributed by atoms with Crippen LogP contribution in [0.25, 0.3) is 26.8 Å². The molecule has 5 nitrogen and oxygen atoms in total. The Kier molecular flexibility index (Phi) is 4.71. The second-order valence-corrected chi connectivity index (χ2v) is 12.2. The Labute approximate surface area is 215 Å². The number of aliphatic imine (C=N–C) groups is 1. The number of carbonyl (C=O) groups excluding carboxylic acids is 2. The molecule has 1 radical (unpaired) electrons. The summed E-state index contributed by atoms with van der Waals surface area (Å²) in [6, 6.07) is 13.5. The normalized spacial score (nSPS) is 19.1. The van der Waals surface area contributed by atoms with Gasteiger partial charge in [-0.3, -0.25) is 0 Å². The molecule has 0 aliphatic carbocycles. The van der Waals surface area contributed by atoms with Crippen LogP contribution in [0.3, 0.4) is 0 Å². The molecular weight excluding hydrogens is 558 g/mol. The maximum atomic E-state index is 12.9. The number of rotatable bonds is 2. The van der Waals surface area contributed by atoms with Gasteiger partial charge >= 0.3 is 197 Å². The van der Waals surface area contributed by atoms with Crippen molar-refractivity contribution in [1.29, 1.82) is 0 Å². The van der Waals surface area contributed by atoms with Crippen LogP contribution in [-0.4, -0.2) is 54.5 Å². The molecule has 171 valence electrons. The van der Waals surface area contributed by atoms with Gasteiger partial charge in [0, 0.05) is 0 Å². The van der Waals surface area contributed by atoms with Crippen LogP contribution >= 0.6 is 11.3 Å². The third-order valence-corrected chi connectivity index (χ3v) is 9.48. The summed E-state index contributed by atoms with van der Waals surface area (Å²) in [5, 5.41) is 3.74. The van der Waals surface area contributed by atoms with Gasteiger partial charge in [-0.15, -0.1) is 0 Å². The summed E-state index contributed by atoms with van der Waals surface area (Å²) in [6.45, 7) is 8.86. The van der Waals surface area contributed by atoms with Crippen LogP contribution in [0.2, 0.25) is 0 Å². The summed E-state index contributed by atoms with van der Waals surface area (Å²) < 4.78 is 2.86. The molecule has 2 amide bonds. The van der Waals surface area contributed by atoms with Gasteiger partial charge in [-0.2, -0.15) is 0 Å². The van der Waals surface area contributed by atoms with Crippen molar-refractivity contribution in [2.75, 3.05) is 7.05 Å². The van der Waals surface area contributed by atoms with Crippen molar-refractivity contribution in [2.24, 2.45) is 10.9 Å². The number of aromatic nitrogens is 1. The predicted molar refractivity (Wildman–Crippen MR) is 138 cm³/mol. The van der Waals surface area contributed by atoms with Crippen LogP contribution in [0, 0.1) is 19.8 Å². The van der Waals surface area contributed by atoms with Crippen LogP contribution in [-0.2, 0) is 21.4 Å². The summed E-state index contributed by atoms with van der Waals surface area (Å²) in [4.78, 5) is 32.2. The number of carbonyl (C=O) groups is 2. The van der Waals surface area contributed by atoms with Crippen molar-refractivity contribution in [2.45, 2.75) is 39.5 Å². The van der Waals surface area contributed by atoms with Crippen molar-refractivity contribution >= 4 is 71.1 Å². The van der Waals surface area contributed by atoms with Crippen LogP contribution in [0.5, 0.6) is 0 Å². The maximum absolute atomic E-state index is 12.9. The Morgan fingerprint density at radius 3 is 2.53 bits per heavy atom. The number of nitrogens with zero attached hydrogens (tertiary/aromatic N) is 3. The number of hydrogen-bond donors (Lipinski definition) is 0. The van der Waals surface area contributed by atoms with Crippen LogP contribution < -0.4 is 0 Å². The third kappa shape index (κ3) is 2.94. The number of thiophene rings is 1. The summed E-state index contributed by atoms with van der Waals surface area (Å²) in [7, 11) is 1.69. The number of fused-ring (bicyclic) bond motifs is 5. The van der Waals surface area contributed by atoms with E-state index in [1.54, 1.807) is 40.7 Å². The molecule has 0 bridgehead atoms. The molecule has 1 atom stereocenters. The monoisotopic (exact) mass is 584 g/mol. The SMILES string of the molecule is Cc1ccc2c(c1)c1cc(C)cc3c1n2-c1sc(CC2C(=O)N=C([Te])N(C)C2=O)cc1C3(C)C. The van der Waals surface area contributed by atoms with E-state index in [4.69, 9.17) is 0 Å². The second-order valence-electron chi connectivity index (χ2n) is 10.0. The van der Waals surface area contributed by atoms with E-state index in [1.165, 1.54) is 54.0 Å². The minimum atomic E-state index is -0.757. The summed E-state index contributed by atoms with van der Waals surface area (Å²) in [5.74, 6) is -1.27. The first kappa shape index (κ1) is 22.0. The van der Waals surface area contributed by atoms with E-state index in [0.29, 0.717) is 10.3 Å². The van der Waals surface area contributed by atoms with Gasteiger partial charge in [0.05, 0.1) is 0 Å². The zero-order valence-corrected chi connectivity index (χ0v) is 22.9. The molecule has 0 saturated carbocycles. The molecule has 4 aromatic rings. The standard InChI is InChI=1S/C27H24N3O2STe/c1-13-6-7-21-16(8-13)17-9-14(2)10-19-22(17)30(21)25-20(27(19,3)4)12-15(33-25)11-18-23(31)28-26(34)29(5)24(18)32/h6-10,12,18H,11H2,1-5H3. The van der Waals surface area contributed by atoms with Gasteiger partial charge in [-0.1, -0.05) is 5.56 Å². The molecule has 0 saturated heterocycles. The zero-order chi connectivity index (χ0) is 24.1. The molecule has 0 N–H and O–H groups in total. The molecule has 2 aliphatic rings. The van der Waals surface area contributed by atoms with Gasteiger partial charge in [0.25, 0.3) is 0 Å². The van der Waals surface area contributed by atoms with E-state index in [1.807, 2.05) is 0 Å². The molecule has 2 aliphatic heterocycles. The van der Waals surface area contributed by atoms with Crippen LogP contribution in [0.15, 0.2) is 41.4 Å². The van der Waals surface area contributed by atoms with Crippen molar-refractivity contribution in [3.05, 3.63) is 63.5 Å². The van der Waals surface area contributed by atoms with Crippen molar-refractivity contribution in [1.82, 2.24) is 9.47 Å². The molecule has 4 heterocycles. The molecule has 0 fully saturated rings. The van der Waals surface area contributed by atoms with Gasteiger partial charge in [0.15, 0.2) is 0 Å². The summed E-state index contributed by atoms with van der Waals surface area (Å²) in [5.41, 5.74) is 7.33. The first-order valence-corrected chi connectivity index (χ1v) is 13.3. The first-order valence-electron chi connectivity index (χ1n) is 11.3. The molecule has 2 aromatic carbocycles. The average molecular weight is 582 g/mol. The molecule has 34 heavy (non-hydrogen) atoms. The predicted octanol–water partition coefficient (Wildman–Crippen LogP) is 4.78. The number of aryl methyl sites for hydroxylation is 2. The van der Waals surface area contributed by atoms with Gasteiger partial charge in [-0.05, 0) is 13.8 Å². The van der Waals surface area contributed by atoms with Gasteiger partial charge in [0.2, 0.25) is 0 Å². The fourth-order valence-corrected chi connectivity index (χ4v) is 7.33. The molecular formula is C27H24N3O2STe. The summed E-state index contributed by atoms with van der Waals surface area (Å²) >= 11 is 3.31. The van der Waals surface area contributed by atoms with Gasteiger partial charge in [-0.25, -0.2) is 0 Å². The first-order chi connectivity index (χ1) is 16.1. The third-order valence-electron chi connectivity index (χ3n) is 7.30. The number of benzene rings is 2. The average Bonchev–Trinajstić information content (AvgIpc) is 3.33. The van der Waals surface area contributed by atoms with Crippen molar-refractivity contribution < 1.29 is 9.59 Å². The minimum absolute atomic E-state index is 0.172. The summed E-state index contributed by atoms with van der Waals surface area (Å²) in [6.07, 6.45) is 0.379. The van der Waals surface area contributed by atoms with Gasteiger partial charge < -0.3 is 0 Å². The van der Waals surface area contributed by atoms with E-state index in [0.717, 1.165) is 4.88 Å². The quantitative estimate of drug-likeness (QED) is 0.253. The van der Waals surface area contributed by atoms with Crippen LogP contribution in [0.4, 0.5) is 0 Å². The second kappa shape index (κ2) is 7.27. The Bertz CT molecular complexity index is 1610. The molecule has 2 aromatic heterocycles.